The van der Waals surface area contributed by atoms with Crippen molar-refractivity contribution < 1.29 is 4.74 Å². The average Bonchev–Trinajstić information content (AvgIpc) is 2.68. The van der Waals surface area contributed by atoms with E-state index in [-0.39, 0.29) is 5.82 Å². The maximum atomic E-state index is 6.00. The molecule has 0 atom stereocenters. The van der Waals surface area contributed by atoms with E-state index >= 15 is 0 Å². The number of pyridine rings is 1. The lowest BCUT2D eigenvalue weighted by molar-refractivity contribution is 0.416. The van der Waals surface area contributed by atoms with E-state index in [1.165, 1.54) is 0 Å². The van der Waals surface area contributed by atoms with Crippen LogP contribution < -0.4 is 10.1 Å². The molecule has 0 unspecified atom stereocenters. The standard InChI is InChI=1S/C18H16Cl3N5O/c1-27-14-7-3-2-6-13(14)15-24-16(18(19,20)21)26-17(25-15)23-10-8-12-5-4-9-22-11-12/h2-7,9,11H,8,10H2,1H3,(H,23,24,25,26). The zero-order valence-electron chi connectivity index (χ0n) is 14.4. The van der Waals surface area contributed by atoms with E-state index in [2.05, 4.69) is 25.3 Å². The fourth-order valence-electron chi connectivity index (χ4n) is 2.40. The van der Waals surface area contributed by atoms with Gasteiger partial charge in [-0.25, -0.2) is 4.98 Å². The molecule has 140 valence electrons. The summed E-state index contributed by atoms with van der Waals surface area (Å²) in [6.45, 7) is 0.584. The van der Waals surface area contributed by atoms with Gasteiger partial charge in [0.2, 0.25) is 9.74 Å². The first-order valence-corrected chi connectivity index (χ1v) is 9.20. The quantitative estimate of drug-likeness (QED) is 0.590. The third-order valence-corrected chi connectivity index (χ3v) is 4.16. The molecule has 0 aliphatic rings. The Morgan fingerprint density at radius 3 is 2.56 bits per heavy atom. The minimum absolute atomic E-state index is 0.0345. The molecule has 0 aliphatic heterocycles. The number of hydrogen-bond donors (Lipinski definition) is 1. The Balaban J connectivity index is 1.89. The Labute approximate surface area is 171 Å². The summed E-state index contributed by atoms with van der Waals surface area (Å²) >= 11 is 18.0. The fraction of sp³-hybridized carbons (Fsp3) is 0.222. The molecule has 9 heteroatoms. The van der Waals surface area contributed by atoms with Crippen molar-refractivity contribution in [1.29, 1.82) is 0 Å². The number of hydrogen-bond acceptors (Lipinski definition) is 6. The summed E-state index contributed by atoms with van der Waals surface area (Å²) in [4.78, 5) is 17.1. The highest BCUT2D eigenvalue weighted by Gasteiger charge is 2.29. The molecule has 0 saturated carbocycles. The molecule has 0 aliphatic carbocycles. The zero-order valence-corrected chi connectivity index (χ0v) is 16.6. The van der Waals surface area contributed by atoms with E-state index in [9.17, 15) is 0 Å². The third kappa shape index (κ3) is 5.19. The second kappa shape index (κ2) is 8.69. The van der Waals surface area contributed by atoms with Crippen LogP contribution in [-0.4, -0.2) is 33.6 Å². The highest BCUT2D eigenvalue weighted by molar-refractivity contribution is 6.66. The van der Waals surface area contributed by atoms with Crippen LogP contribution in [-0.2, 0) is 10.2 Å². The highest BCUT2D eigenvalue weighted by atomic mass is 35.6. The van der Waals surface area contributed by atoms with Gasteiger partial charge < -0.3 is 10.1 Å². The summed E-state index contributed by atoms with van der Waals surface area (Å²) in [5.74, 6) is 1.32. The van der Waals surface area contributed by atoms with E-state index in [1.807, 2.05) is 42.6 Å². The molecule has 0 bridgehead atoms. The minimum Gasteiger partial charge on any atom is -0.496 e. The molecule has 1 aromatic carbocycles. The fourth-order valence-corrected chi connectivity index (χ4v) is 2.65. The molecular formula is C18H16Cl3N5O. The van der Waals surface area contributed by atoms with Crippen molar-refractivity contribution in [3.63, 3.8) is 0 Å². The highest BCUT2D eigenvalue weighted by Crippen LogP contribution is 2.37. The van der Waals surface area contributed by atoms with Crippen LogP contribution in [0.2, 0.25) is 0 Å². The number of ether oxygens (including phenoxy) is 1. The van der Waals surface area contributed by atoms with Gasteiger partial charge in [-0.05, 0) is 30.2 Å². The number of rotatable bonds is 6. The Hall–Kier alpha value is -2.15. The first-order valence-electron chi connectivity index (χ1n) is 8.07. The SMILES string of the molecule is COc1ccccc1-c1nc(NCCc2cccnc2)nc(C(Cl)(Cl)Cl)n1. The number of aromatic nitrogens is 4. The molecule has 2 aromatic heterocycles. The number of anilines is 1. The molecule has 3 rings (SSSR count). The van der Waals surface area contributed by atoms with Crippen LogP contribution >= 0.6 is 34.8 Å². The van der Waals surface area contributed by atoms with Gasteiger partial charge in [0, 0.05) is 18.9 Å². The molecule has 1 N–H and O–H groups in total. The Bertz CT molecular complexity index is 903. The van der Waals surface area contributed by atoms with Crippen molar-refractivity contribution in [3.8, 4) is 17.1 Å². The largest absolute Gasteiger partial charge is 0.496 e. The van der Waals surface area contributed by atoms with Gasteiger partial charge in [0.15, 0.2) is 11.6 Å². The lowest BCUT2D eigenvalue weighted by atomic mass is 10.2. The normalized spacial score (nSPS) is 11.3. The number of nitrogens with one attached hydrogen (secondary N) is 1. The summed E-state index contributed by atoms with van der Waals surface area (Å²) in [6.07, 6.45) is 4.28. The summed E-state index contributed by atoms with van der Waals surface area (Å²) in [7, 11) is 1.57. The van der Waals surface area contributed by atoms with Gasteiger partial charge in [-0.2, -0.15) is 9.97 Å². The monoisotopic (exact) mass is 423 g/mol. The predicted molar refractivity (Wildman–Crippen MR) is 107 cm³/mol. The molecule has 0 spiro atoms. The Morgan fingerprint density at radius 2 is 1.85 bits per heavy atom. The molecule has 3 aromatic rings. The molecule has 0 fully saturated rings. The third-order valence-electron chi connectivity index (χ3n) is 3.66. The topological polar surface area (TPSA) is 72.8 Å². The molecule has 0 saturated heterocycles. The van der Waals surface area contributed by atoms with Crippen LogP contribution in [0.5, 0.6) is 5.75 Å². The van der Waals surface area contributed by atoms with E-state index in [4.69, 9.17) is 39.5 Å². The van der Waals surface area contributed by atoms with Crippen LogP contribution in [0, 0.1) is 0 Å². The van der Waals surface area contributed by atoms with Gasteiger partial charge >= 0.3 is 0 Å². The minimum atomic E-state index is -1.78. The van der Waals surface area contributed by atoms with E-state index in [0.29, 0.717) is 29.6 Å². The lowest BCUT2D eigenvalue weighted by Gasteiger charge is -2.14. The van der Waals surface area contributed by atoms with Gasteiger partial charge in [0.25, 0.3) is 0 Å². The maximum Gasteiger partial charge on any atom is 0.250 e. The van der Waals surface area contributed by atoms with Crippen LogP contribution in [0.3, 0.4) is 0 Å². The second-order valence-corrected chi connectivity index (χ2v) is 7.82. The number of alkyl halides is 3. The molecular weight excluding hydrogens is 409 g/mol. The van der Waals surface area contributed by atoms with Crippen LogP contribution in [0.4, 0.5) is 5.95 Å². The van der Waals surface area contributed by atoms with E-state index in [0.717, 1.165) is 12.0 Å². The van der Waals surface area contributed by atoms with Gasteiger partial charge in [-0.1, -0.05) is 53.0 Å². The summed E-state index contributed by atoms with van der Waals surface area (Å²) < 4.78 is 3.60. The van der Waals surface area contributed by atoms with Crippen molar-refractivity contribution >= 4 is 40.8 Å². The smallest absolute Gasteiger partial charge is 0.250 e. The number of methoxy groups -OCH3 is 1. The molecule has 6 nitrogen and oxygen atoms in total. The number of para-hydroxylation sites is 1. The van der Waals surface area contributed by atoms with Crippen LogP contribution in [0.25, 0.3) is 11.4 Å². The zero-order chi connectivity index (χ0) is 19.3. The summed E-state index contributed by atoms with van der Waals surface area (Å²) in [5.41, 5.74) is 1.76. The Kier molecular flexibility index (Phi) is 6.31. The summed E-state index contributed by atoms with van der Waals surface area (Å²) in [5, 5.41) is 3.15. The molecule has 27 heavy (non-hydrogen) atoms. The van der Waals surface area contributed by atoms with Crippen molar-refractivity contribution in [2.75, 3.05) is 19.0 Å². The number of halogens is 3. The molecule has 0 amide bonds. The van der Waals surface area contributed by atoms with Crippen molar-refractivity contribution in [2.24, 2.45) is 0 Å². The van der Waals surface area contributed by atoms with Crippen molar-refractivity contribution in [3.05, 3.63) is 60.2 Å². The number of nitrogens with zero attached hydrogens (tertiary/aromatic N) is 4. The van der Waals surface area contributed by atoms with Crippen LogP contribution in [0.15, 0.2) is 48.8 Å². The Morgan fingerprint density at radius 1 is 1.04 bits per heavy atom. The first-order chi connectivity index (χ1) is 13.0. The van der Waals surface area contributed by atoms with Gasteiger partial charge in [-0.15, -0.1) is 0 Å². The maximum absolute atomic E-state index is 6.00. The van der Waals surface area contributed by atoms with Gasteiger partial charge in [-0.3, -0.25) is 4.98 Å². The molecule has 0 radical (unpaired) electrons. The van der Waals surface area contributed by atoms with Crippen molar-refractivity contribution in [2.45, 2.75) is 10.2 Å². The van der Waals surface area contributed by atoms with E-state index < -0.39 is 3.79 Å². The summed E-state index contributed by atoms with van der Waals surface area (Å²) in [6, 6.07) is 11.2. The molecule has 2 heterocycles. The van der Waals surface area contributed by atoms with Gasteiger partial charge in [0.05, 0.1) is 12.7 Å². The second-order valence-electron chi connectivity index (χ2n) is 5.54. The van der Waals surface area contributed by atoms with Crippen LogP contribution in [0.1, 0.15) is 11.4 Å². The first kappa shape index (κ1) is 19.6. The lowest BCUT2D eigenvalue weighted by Crippen LogP contribution is -2.15. The predicted octanol–water partition coefficient (Wildman–Crippen LogP) is 4.42. The van der Waals surface area contributed by atoms with Crippen molar-refractivity contribution in [1.82, 2.24) is 19.9 Å². The van der Waals surface area contributed by atoms with Gasteiger partial charge in [0.1, 0.15) is 5.75 Å². The van der Waals surface area contributed by atoms with E-state index in [1.54, 1.807) is 13.3 Å². The average molecular weight is 425 g/mol. The number of benzene rings is 1.